The monoisotopic (exact) mass is 230 g/mol. The van der Waals surface area contributed by atoms with E-state index in [2.05, 4.69) is 9.97 Å². The number of halogens is 1. The van der Waals surface area contributed by atoms with Crippen LogP contribution in [-0.4, -0.2) is 9.97 Å². The van der Waals surface area contributed by atoms with Gasteiger partial charge in [-0.05, 0) is 29.8 Å². The van der Waals surface area contributed by atoms with Crippen LogP contribution in [0.5, 0.6) is 0 Å². The molecule has 4 heteroatoms. The van der Waals surface area contributed by atoms with Crippen molar-refractivity contribution in [3.05, 3.63) is 48.1 Å². The van der Waals surface area contributed by atoms with E-state index in [1.54, 1.807) is 6.20 Å². The average Bonchev–Trinajstić information content (AvgIpc) is 2.76. The molecule has 0 saturated carbocycles. The molecule has 16 heavy (non-hydrogen) atoms. The quantitative estimate of drug-likeness (QED) is 0.600. The normalized spacial score (nSPS) is 10.8. The fourth-order valence-corrected chi connectivity index (χ4v) is 1.85. The third kappa shape index (κ3) is 1.46. The fraction of sp³-hybridized carbons (Fsp3) is 0. The number of pyridine rings is 1. The van der Waals surface area contributed by atoms with Crippen molar-refractivity contribution in [3.63, 3.8) is 0 Å². The molecule has 0 spiro atoms. The highest BCUT2D eigenvalue weighted by molar-refractivity contribution is 6.32. The Hall–Kier alpha value is -1.87. The van der Waals surface area contributed by atoms with Crippen LogP contribution in [0.3, 0.4) is 0 Å². The molecular formula is C12H7ClN2O. The second kappa shape index (κ2) is 3.61. The van der Waals surface area contributed by atoms with Crippen LogP contribution >= 0.6 is 11.6 Å². The third-order valence-electron chi connectivity index (χ3n) is 2.40. The Labute approximate surface area is 96.7 Å². The number of aromatic nitrogens is 2. The number of hydrogen-bond acceptors (Lipinski definition) is 3. The van der Waals surface area contributed by atoms with Gasteiger partial charge in [0.1, 0.15) is 10.7 Å². The van der Waals surface area contributed by atoms with Crippen LogP contribution in [0.1, 0.15) is 0 Å². The summed E-state index contributed by atoms with van der Waals surface area (Å²) in [6, 6.07) is 9.54. The van der Waals surface area contributed by atoms with Gasteiger partial charge in [0.2, 0.25) is 0 Å². The van der Waals surface area contributed by atoms with Crippen molar-refractivity contribution in [3.8, 4) is 11.1 Å². The zero-order valence-corrected chi connectivity index (χ0v) is 8.98. The minimum Gasteiger partial charge on any atom is -0.443 e. The lowest BCUT2D eigenvalue weighted by atomic mass is 10.1. The molecule has 2 aromatic heterocycles. The highest BCUT2D eigenvalue weighted by atomic mass is 35.5. The van der Waals surface area contributed by atoms with Crippen molar-refractivity contribution >= 4 is 22.7 Å². The zero-order valence-electron chi connectivity index (χ0n) is 8.22. The first kappa shape index (κ1) is 9.36. The maximum atomic E-state index is 6.03. The molecule has 0 amide bonds. The van der Waals surface area contributed by atoms with Crippen LogP contribution in [0.25, 0.3) is 22.2 Å². The molecule has 0 aliphatic rings. The molecule has 0 unspecified atom stereocenters. The summed E-state index contributed by atoms with van der Waals surface area (Å²) < 4.78 is 5.25. The van der Waals surface area contributed by atoms with E-state index in [0.717, 1.165) is 22.2 Å². The summed E-state index contributed by atoms with van der Waals surface area (Å²) >= 11 is 6.03. The Bertz CT molecular complexity index is 648. The molecule has 78 valence electrons. The first-order valence-corrected chi connectivity index (χ1v) is 5.16. The highest BCUT2D eigenvalue weighted by Crippen LogP contribution is 2.28. The van der Waals surface area contributed by atoms with Crippen LogP contribution in [0, 0.1) is 0 Å². The van der Waals surface area contributed by atoms with Gasteiger partial charge in [-0.3, -0.25) is 0 Å². The van der Waals surface area contributed by atoms with Crippen molar-refractivity contribution in [1.82, 2.24) is 9.97 Å². The van der Waals surface area contributed by atoms with Crippen LogP contribution in [0.15, 0.2) is 47.3 Å². The van der Waals surface area contributed by atoms with Crippen molar-refractivity contribution in [2.75, 3.05) is 0 Å². The third-order valence-corrected chi connectivity index (χ3v) is 2.70. The van der Waals surface area contributed by atoms with Gasteiger partial charge in [-0.1, -0.05) is 17.7 Å². The molecule has 3 aromatic rings. The minimum atomic E-state index is 0.487. The fourth-order valence-electron chi connectivity index (χ4n) is 1.62. The van der Waals surface area contributed by atoms with Gasteiger partial charge in [0.05, 0.1) is 0 Å². The second-order valence-corrected chi connectivity index (χ2v) is 3.73. The molecule has 0 radical (unpaired) electrons. The van der Waals surface area contributed by atoms with Crippen molar-refractivity contribution in [2.45, 2.75) is 0 Å². The summed E-state index contributed by atoms with van der Waals surface area (Å²) in [5.74, 6) is 0. The van der Waals surface area contributed by atoms with E-state index < -0.39 is 0 Å². The lowest BCUT2D eigenvalue weighted by molar-refractivity contribution is 0.602. The minimum absolute atomic E-state index is 0.487. The summed E-state index contributed by atoms with van der Waals surface area (Å²) in [5, 5.41) is 0.487. The molecule has 0 atom stereocenters. The molecule has 0 bridgehead atoms. The Morgan fingerprint density at radius 3 is 2.94 bits per heavy atom. The highest BCUT2D eigenvalue weighted by Gasteiger charge is 2.06. The predicted molar refractivity (Wildman–Crippen MR) is 62.3 cm³/mol. The number of benzene rings is 1. The van der Waals surface area contributed by atoms with Crippen molar-refractivity contribution in [2.24, 2.45) is 0 Å². The zero-order chi connectivity index (χ0) is 11.0. The number of oxazole rings is 1. The van der Waals surface area contributed by atoms with Gasteiger partial charge >= 0.3 is 0 Å². The van der Waals surface area contributed by atoms with Gasteiger partial charge in [-0.25, -0.2) is 9.97 Å². The van der Waals surface area contributed by atoms with Crippen LogP contribution in [0.4, 0.5) is 0 Å². The smallest absolute Gasteiger partial charge is 0.181 e. The summed E-state index contributed by atoms with van der Waals surface area (Å²) in [6.07, 6.45) is 3.10. The van der Waals surface area contributed by atoms with Crippen molar-refractivity contribution in [1.29, 1.82) is 0 Å². The maximum Gasteiger partial charge on any atom is 0.181 e. The van der Waals surface area contributed by atoms with E-state index in [-0.39, 0.29) is 0 Å². The Morgan fingerprint density at radius 1 is 1.12 bits per heavy atom. The molecule has 0 fully saturated rings. The molecular weight excluding hydrogens is 224 g/mol. The van der Waals surface area contributed by atoms with Gasteiger partial charge < -0.3 is 4.42 Å². The maximum absolute atomic E-state index is 6.03. The standard InChI is InChI=1S/C12H7ClN2O/c13-12-9(2-1-5-14-12)8-3-4-10-11(6-8)16-7-15-10/h1-7H. The predicted octanol–water partition coefficient (Wildman–Crippen LogP) is 3.54. The second-order valence-electron chi connectivity index (χ2n) is 3.38. The van der Waals surface area contributed by atoms with Crippen LogP contribution in [-0.2, 0) is 0 Å². The SMILES string of the molecule is Clc1ncccc1-c1ccc2ncoc2c1. The topological polar surface area (TPSA) is 38.9 Å². The lowest BCUT2D eigenvalue weighted by Gasteiger charge is -2.02. The number of nitrogens with zero attached hydrogens (tertiary/aromatic N) is 2. The molecule has 0 aliphatic carbocycles. The van der Waals surface area contributed by atoms with Gasteiger partial charge in [0, 0.05) is 11.8 Å². The molecule has 2 heterocycles. The van der Waals surface area contributed by atoms with E-state index in [1.165, 1.54) is 6.39 Å². The molecule has 1 aromatic carbocycles. The Balaban J connectivity index is 2.22. The molecule has 0 saturated heterocycles. The van der Waals surface area contributed by atoms with E-state index >= 15 is 0 Å². The van der Waals surface area contributed by atoms with Gasteiger partial charge in [-0.2, -0.15) is 0 Å². The number of hydrogen-bond donors (Lipinski definition) is 0. The number of fused-ring (bicyclic) bond motifs is 1. The van der Waals surface area contributed by atoms with Gasteiger partial charge in [0.15, 0.2) is 12.0 Å². The largest absolute Gasteiger partial charge is 0.443 e. The van der Waals surface area contributed by atoms with E-state index in [4.69, 9.17) is 16.0 Å². The van der Waals surface area contributed by atoms with E-state index in [9.17, 15) is 0 Å². The average molecular weight is 231 g/mol. The molecule has 3 nitrogen and oxygen atoms in total. The van der Waals surface area contributed by atoms with Crippen LogP contribution < -0.4 is 0 Å². The van der Waals surface area contributed by atoms with Gasteiger partial charge in [0.25, 0.3) is 0 Å². The molecule has 0 N–H and O–H groups in total. The number of rotatable bonds is 1. The Morgan fingerprint density at radius 2 is 2.06 bits per heavy atom. The Kier molecular flexibility index (Phi) is 2.11. The van der Waals surface area contributed by atoms with Crippen LogP contribution in [0.2, 0.25) is 5.15 Å². The summed E-state index contributed by atoms with van der Waals surface area (Å²) in [7, 11) is 0. The summed E-state index contributed by atoms with van der Waals surface area (Å²) in [4.78, 5) is 8.10. The molecule has 0 aliphatic heterocycles. The first-order chi connectivity index (χ1) is 7.84. The summed E-state index contributed by atoms with van der Waals surface area (Å²) in [6.45, 7) is 0. The lowest BCUT2D eigenvalue weighted by Crippen LogP contribution is -1.82. The van der Waals surface area contributed by atoms with Crippen molar-refractivity contribution < 1.29 is 4.42 Å². The summed E-state index contributed by atoms with van der Waals surface area (Å²) in [5.41, 5.74) is 3.45. The van der Waals surface area contributed by atoms with Gasteiger partial charge in [-0.15, -0.1) is 0 Å². The molecule has 3 rings (SSSR count). The first-order valence-electron chi connectivity index (χ1n) is 4.79. The van der Waals surface area contributed by atoms with E-state index in [0.29, 0.717) is 5.15 Å². The van der Waals surface area contributed by atoms with E-state index in [1.807, 2.05) is 30.3 Å².